The second-order valence-corrected chi connectivity index (χ2v) is 11.1. The van der Waals surface area contributed by atoms with Crippen LogP contribution in [-0.2, 0) is 25.6 Å². The Labute approximate surface area is 230 Å². The first-order chi connectivity index (χ1) is 18.9. The van der Waals surface area contributed by atoms with Gasteiger partial charge in [0.2, 0.25) is 0 Å². The monoisotopic (exact) mass is 534 g/mol. The Morgan fingerprint density at radius 2 is 1.46 bits per heavy atom. The van der Waals surface area contributed by atoms with Gasteiger partial charge in [0.15, 0.2) is 0 Å². The Morgan fingerprint density at radius 3 is 1.97 bits per heavy atom. The minimum atomic E-state index is -0.854. The molecule has 1 amide bonds. The molecule has 39 heavy (non-hydrogen) atoms. The SMILES string of the molecule is CON=C(C(=O)N[C@@H](Cc1ccc(-c2c(OC)cccc2OC)cc1)C(=O)OC)C1C2CC3CC(C2)CC1C3. The highest BCUT2D eigenvalue weighted by Gasteiger charge is 2.51. The second kappa shape index (κ2) is 11.7. The van der Waals surface area contributed by atoms with E-state index in [2.05, 4.69) is 10.5 Å². The van der Waals surface area contributed by atoms with Gasteiger partial charge in [0, 0.05) is 12.3 Å². The smallest absolute Gasteiger partial charge is 0.328 e. The van der Waals surface area contributed by atoms with Crippen molar-refractivity contribution in [2.45, 2.75) is 44.6 Å². The van der Waals surface area contributed by atoms with Crippen LogP contribution < -0.4 is 14.8 Å². The maximum Gasteiger partial charge on any atom is 0.328 e. The van der Waals surface area contributed by atoms with Crippen LogP contribution >= 0.6 is 0 Å². The van der Waals surface area contributed by atoms with E-state index in [1.54, 1.807) is 14.2 Å². The number of methoxy groups -OCH3 is 3. The normalized spacial score (nSPS) is 26.1. The zero-order chi connectivity index (χ0) is 27.5. The average molecular weight is 535 g/mol. The van der Waals surface area contributed by atoms with Crippen molar-refractivity contribution in [3.8, 4) is 22.6 Å². The molecule has 0 aromatic heterocycles. The third-order valence-corrected chi connectivity index (χ3v) is 8.87. The van der Waals surface area contributed by atoms with Crippen molar-refractivity contribution in [2.75, 3.05) is 28.4 Å². The Morgan fingerprint density at radius 1 is 0.872 bits per heavy atom. The molecule has 1 N–H and O–H groups in total. The van der Waals surface area contributed by atoms with Gasteiger partial charge in [-0.15, -0.1) is 0 Å². The van der Waals surface area contributed by atoms with Crippen LogP contribution in [0.5, 0.6) is 11.5 Å². The van der Waals surface area contributed by atoms with E-state index in [1.165, 1.54) is 20.6 Å². The van der Waals surface area contributed by atoms with Crippen molar-refractivity contribution in [3.05, 3.63) is 48.0 Å². The predicted molar refractivity (Wildman–Crippen MR) is 148 cm³/mol. The molecular weight excluding hydrogens is 496 g/mol. The molecule has 1 atom stereocenters. The molecule has 208 valence electrons. The van der Waals surface area contributed by atoms with Crippen LogP contribution in [0.4, 0.5) is 0 Å². The average Bonchev–Trinajstić information content (AvgIpc) is 2.95. The Kier molecular flexibility index (Phi) is 8.10. The van der Waals surface area contributed by atoms with Gasteiger partial charge in [0.1, 0.15) is 30.4 Å². The molecule has 2 aromatic carbocycles. The maximum absolute atomic E-state index is 13.6. The van der Waals surface area contributed by atoms with E-state index < -0.39 is 12.0 Å². The number of benzene rings is 2. The lowest BCUT2D eigenvalue weighted by Gasteiger charge is -2.54. The van der Waals surface area contributed by atoms with Crippen molar-refractivity contribution in [1.29, 1.82) is 0 Å². The molecule has 4 fully saturated rings. The van der Waals surface area contributed by atoms with Crippen LogP contribution in [0.3, 0.4) is 0 Å². The summed E-state index contributed by atoms with van der Waals surface area (Å²) in [6.07, 6.45) is 6.21. The first-order valence-electron chi connectivity index (χ1n) is 13.8. The number of esters is 1. The molecule has 2 aromatic rings. The highest BCUT2D eigenvalue weighted by molar-refractivity contribution is 6.40. The van der Waals surface area contributed by atoms with Crippen LogP contribution in [0.25, 0.3) is 11.1 Å². The number of hydrogen-bond donors (Lipinski definition) is 1. The summed E-state index contributed by atoms with van der Waals surface area (Å²) >= 11 is 0. The third kappa shape index (κ3) is 5.47. The van der Waals surface area contributed by atoms with Gasteiger partial charge < -0.3 is 24.4 Å². The lowest BCUT2D eigenvalue weighted by Crippen LogP contribution is -2.53. The molecule has 0 aliphatic heterocycles. The molecule has 0 saturated heterocycles. The molecule has 0 spiro atoms. The number of nitrogens with zero attached hydrogens (tertiary/aromatic N) is 1. The van der Waals surface area contributed by atoms with Crippen molar-refractivity contribution < 1.29 is 28.6 Å². The minimum absolute atomic E-state index is 0.0752. The van der Waals surface area contributed by atoms with Gasteiger partial charge in [-0.25, -0.2) is 4.79 Å². The lowest BCUT2D eigenvalue weighted by atomic mass is 9.51. The van der Waals surface area contributed by atoms with E-state index in [4.69, 9.17) is 19.0 Å². The quantitative estimate of drug-likeness (QED) is 0.271. The summed E-state index contributed by atoms with van der Waals surface area (Å²) in [6, 6.07) is 12.6. The fourth-order valence-corrected chi connectivity index (χ4v) is 7.47. The predicted octanol–water partition coefficient (Wildman–Crippen LogP) is 4.65. The van der Waals surface area contributed by atoms with Gasteiger partial charge in [-0.3, -0.25) is 4.79 Å². The summed E-state index contributed by atoms with van der Waals surface area (Å²) in [5.41, 5.74) is 3.06. The second-order valence-electron chi connectivity index (χ2n) is 11.1. The number of carbonyl (C=O) groups excluding carboxylic acids is 2. The Balaban J connectivity index is 1.33. The summed E-state index contributed by atoms with van der Waals surface area (Å²) in [6.45, 7) is 0. The van der Waals surface area contributed by atoms with Crippen molar-refractivity contribution >= 4 is 17.6 Å². The summed E-state index contributed by atoms with van der Waals surface area (Å²) in [5.74, 6) is 3.10. The molecule has 8 nitrogen and oxygen atoms in total. The fraction of sp³-hybridized carbons (Fsp3) is 0.516. The molecule has 4 saturated carbocycles. The maximum atomic E-state index is 13.6. The van der Waals surface area contributed by atoms with Crippen molar-refractivity contribution in [1.82, 2.24) is 5.32 Å². The van der Waals surface area contributed by atoms with Crippen LogP contribution in [0.1, 0.15) is 37.7 Å². The van der Waals surface area contributed by atoms with Gasteiger partial charge in [0.25, 0.3) is 5.91 Å². The molecule has 0 heterocycles. The molecule has 0 unspecified atom stereocenters. The van der Waals surface area contributed by atoms with E-state index in [-0.39, 0.29) is 18.2 Å². The van der Waals surface area contributed by atoms with Crippen LogP contribution in [0.2, 0.25) is 0 Å². The zero-order valence-corrected chi connectivity index (χ0v) is 23.1. The summed E-state index contributed by atoms with van der Waals surface area (Å²) in [4.78, 5) is 31.5. The molecule has 0 radical (unpaired) electrons. The molecule has 6 rings (SSSR count). The number of amides is 1. The number of hydrogen-bond acceptors (Lipinski definition) is 7. The number of nitrogens with one attached hydrogen (secondary N) is 1. The largest absolute Gasteiger partial charge is 0.496 e. The number of oxime groups is 1. The molecule has 4 aliphatic carbocycles. The standard InChI is InChI=1S/C31H38N2O6/c1-36-25-6-5-7-26(37-2)28(25)21-10-8-18(9-11-21)17-24(31(35)38-3)32-30(34)29(33-39-4)27-22-13-19-12-20(15-22)16-23(27)14-19/h5-11,19-20,22-24,27H,12-17H2,1-4H3,(H,32,34)/t19?,20?,22?,23?,24-,27?/m0/s1. The van der Waals surface area contributed by atoms with E-state index >= 15 is 0 Å². The molecule has 4 aliphatic rings. The lowest BCUT2D eigenvalue weighted by molar-refractivity contribution is -0.144. The van der Waals surface area contributed by atoms with Crippen LogP contribution in [0, 0.1) is 29.6 Å². The van der Waals surface area contributed by atoms with Gasteiger partial charge >= 0.3 is 5.97 Å². The van der Waals surface area contributed by atoms with E-state index in [0.29, 0.717) is 29.0 Å². The van der Waals surface area contributed by atoms with E-state index in [1.807, 2.05) is 42.5 Å². The number of rotatable bonds is 10. The summed E-state index contributed by atoms with van der Waals surface area (Å²) < 4.78 is 16.1. The van der Waals surface area contributed by atoms with Crippen LogP contribution in [-0.4, -0.2) is 52.1 Å². The highest BCUT2D eigenvalue weighted by Crippen LogP contribution is 2.57. The Bertz CT molecular complexity index is 1170. The fourth-order valence-electron chi connectivity index (χ4n) is 7.47. The molecule has 8 heteroatoms. The van der Waals surface area contributed by atoms with Gasteiger partial charge in [-0.2, -0.15) is 0 Å². The highest BCUT2D eigenvalue weighted by atomic mass is 16.6. The molecule has 4 bridgehead atoms. The number of carbonyl (C=O) groups is 2. The first-order valence-corrected chi connectivity index (χ1v) is 13.8. The van der Waals surface area contributed by atoms with Crippen LogP contribution in [0.15, 0.2) is 47.6 Å². The zero-order valence-electron chi connectivity index (χ0n) is 23.1. The van der Waals surface area contributed by atoms with E-state index in [9.17, 15) is 9.59 Å². The number of ether oxygens (including phenoxy) is 3. The Hall–Kier alpha value is -3.55. The first kappa shape index (κ1) is 27.0. The van der Waals surface area contributed by atoms with Gasteiger partial charge in [-0.1, -0.05) is 35.5 Å². The summed E-state index contributed by atoms with van der Waals surface area (Å²) in [5, 5.41) is 7.15. The van der Waals surface area contributed by atoms with Gasteiger partial charge in [-0.05, 0) is 79.0 Å². The van der Waals surface area contributed by atoms with Crippen molar-refractivity contribution in [2.24, 2.45) is 34.7 Å². The van der Waals surface area contributed by atoms with E-state index in [0.717, 1.165) is 54.2 Å². The van der Waals surface area contributed by atoms with Crippen molar-refractivity contribution in [3.63, 3.8) is 0 Å². The topological polar surface area (TPSA) is 95.5 Å². The third-order valence-electron chi connectivity index (χ3n) is 8.87. The summed E-state index contributed by atoms with van der Waals surface area (Å²) in [7, 11) is 6.06. The van der Waals surface area contributed by atoms with Gasteiger partial charge in [0.05, 0.1) is 26.9 Å². The molecular formula is C31H38N2O6. The minimum Gasteiger partial charge on any atom is -0.496 e.